The highest BCUT2D eigenvalue weighted by atomic mass is 16.6. The van der Waals surface area contributed by atoms with Crippen LogP contribution in [0.5, 0.6) is 0 Å². The van der Waals surface area contributed by atoms with E-state index in [1.165, 1.54) is 18.2 Å². The van der Waals surface area contributed by atoms with Crippen molar-refractivity contribution in [3.63, 3.8) is 0 Å². The first-order chi connectivity index (χ1) is 8.70. The van der Waals surface area contributed by atoms with Crippen molar-refractivity contribution in [1.29, 1.82) is 0 Å². The first kappa shape index (κ1) is 11.8. The van der Waals surface area contributed by atoms with E-state index < -0.39 is 4.92 Å². The Balaban J connectivity index is 2.21. The van der Waals surface area contributed by atoms with Crippen LogP contribution in [0.2, 0.25) is 0 Å². The van der Waals surface area contributed by atoms with Gasteiger partial charge in [-0.3, -0.25) is 14.9 Å². The number of imidazole rings is 1. The number of rotatable bonds is 5. The molecule has 2 N–H and O–H groups in total. The molecule has 0 saturated carbocycles. The van der Waals surface area contributed by atoms with E-state index in [9.17, 15) is 14.9 Å². The molecule has 2 aromatic rings. The Morgan fingerprint density at radius 2 is 2.33 bits per heavy atom. The number of benzene rings is 1. The highest BCUT2D eigenvalue weighted by Crippen LogP contribution is 2.25. The largest absolute Gasteiger partial charge is 0.372 e. The molecule has 0 amide bonds. The van der Waals surface area contributed by atoms with Crippen LogP contribution in [0.3, 0.4) is 0 Å². The maximum Gasteiger partial charge on any atom is 0.293 e. The van der Waals surface area contributed by atoms with E-state index >= 15 is 0 Å². The van der Waals surface area contributed by atoms with Crippen molar-refractivity contribution < 1.29 is 9.72 Å². The second-order valence-corrected chi connectivity index (χ2v) is 3.54. The van der Waals surface area contributed by atoms with Gasteiger partial charge in [-0.25, -0.2) is 4.98 Å². The first-order valence-electron chi connectivity index (χ1n) is 5.16. The molecule has 0 fully saturated rings. The van der Waals surface area contributed by atoms with Crippen LogP contribution in [-0.2, 0) is 6.54 Å². The van der Waals surface area contributed by atoms with E-state index in [-0.39, 0.29) is 11.3 Å². The van der Waals surface area contributed by atoms with Crippen LogP contribution >= 0.6 is 0 Å². The van der Waals surface area contributed by atoms with E-state index in [0.717, 1.165) is 0 Å². The molecule has 1 heterocycles. The Hall–Kier alpha value is -2.70. The van der Waals surface area contributed by atoms with Gasteiger partial charge in [0.05, 0.1) is 11.5 Å². The van der Waals surface area contributed by atoms with E-state index in [1.807, 2.05) is 0 Å². The summed E-state index contributed by atoms with van der Waals surface area (Å²) in [4.78, 5) is 27.8. The maximum absolute atomic E-state index is 10.9. The van der Waals surface area contributed by atoms with Crippen LogP contribution in [0, 0.1) is 10.1 Å². The third-order valence-corrected chi connectivity index (χ3v) is 2.36. The van der Waals surface area contributed by atoms with Crippen molar-refractivity contribution in [2.75, 3.05) is 5.32 Å². The lowest BCUT2D eigenvalue weighted by Crippen LogP contribution is -2.04. The first-order valence-corrected chi connectivity index (χ1v) is 5.16. The van der Waals surface area contributed by atoms with Crippen LogP contribution in [0.15, 0.2) is 30.6 Å². The highest BCUT2D eigenvalue weighted by Gasteiger charge is 2.14. The van der Waals surface area contributed by atoms with Gasteiger partial charge in [0, 0.05) is 24.0 Å². The molecule has 1 aromatic heterocycles. The molecule has 0 aliphatic heterocycles. The number of nitrogens with one attached hydrogen (secondary N) is 2. The van der Waals surface area contributed by atoms with E-state index in [1.54, 1.807) is 12.4 Å². The molecule has 0 unspecified atom stereocenters. The Bertz CT molecular complexity index is 566. The van der Waals surface area contributed by atoms with Gasteiger partial charge in [0.1, 0.15) is 17.8 Å². The fraction of sp³-hybridized carbons (Fsp3) is 0.0909. The molecule has 7 nitrogen and oxygen atoms in total. The standard InChI is InChI=1S/C11H10N4O3/c16-7-8-1-2-9(10(5-8)15(17)18)14-6-11-12-3-4-13-11/h1-5,7,14H,6H2,(H,12,13). The molecular weight excluding hydrogens is 236 g/mol. The minimum Gasteiger partial charge on any atom is -0.372 e. The number of aromatic nitrogens is 2. The summed E-state index contributed by atoms with van der Waals surface area (Å²) in [6.45, 7) is 0.342. The summed E-state index contributed by atoms with van der Waals surface area (Å²) in [5, 5.41) is 13.8. The van der Waals surface area contributed by atoms with E-state index in [0.29, 0.717) is 24.3 Å². The zero-order valence-corrected chi connectivity index (χ0v) is 9.29. The van der Waals surface area contributed by atoms with Gasteiger partial charge in [-0.1, -0.05) is 0 Å². The van der Waals surface area contributed by atoms with E-state index in [2.05, 4.69) is 15.3 Å². The van der Waals surface area contributed by atoms with E-state index in [4.69, 9.17) is 0 Å². The van der Waals surface area contributed by atoms with Gasteiger partial charge < -0.3 is 10.3 Å². The molecule has 0 saturated heterocycles. The maximum atomic E-state index is 10.9. The van der Waals surface area contributed by atoms with Gasteiger partial charge in [-0.2, -0.15) is 0 Å². The average Bonchev–Trinajstić information content (AvgIpc) is 2.89. The Kier molecular flexibility index (Phi) is 3.33. The summed E-state index contributed by atoms with van der Waals surface area (Å²) >= 11 is 0. The molecule has 0 radical (unpaired) electrons. The fourth-order valence-electron chi connectivity index (χ4n) is 1.50. The van der Waals surface area contributed by atoms with Crippen molar-refractivity contribution in [3.8, 4) is 0 Å². The Labute approximate surface area is 102 Å². The number of anilines is 1. The number of H-pyrrole nitrogens is 1. The van der Waals surface area contributed by atoms with Crippen LogP contribution in [0.25, 0.3) is 0 Å². The number of aromatic amines is 1. The molecule has 0 bridgehead atoms. The molecule has 0 spiro atoms. The molecule has 92 valence electrons. The van der Waals surface area contributed by atoms with Crippen LogP contribution in [0.1, 0.15) is 16.2 Å². The summed E-state index contributed by atoms with van der Waals surface area (Å²) in [5.41, 5.74) is 0.485. The Morgan fingerprint density at radius 1 is 1.50 bits per heavy atom. The molecule has 7 heteroatoms. The SMILES string of the molecule is O=Cc1ccc(NCc2ncc[nH]2)c([N+](=O)[O-])c1. The van der Waals surface area contributed by atoms with Gasteiger partial charge >= 0.3 is 0 Å². The molecule has 2 rings (SSSR count). The minimum absolute atomic E-state index is 0.133. The molecule has 1 aromatic carbocycles. The van der Waals surface area contributed by atoms with Crippen molar-refractivity contribution in [2.24, 2.45) is 0 Å². The summed E-state index contributed by atoms with van der Waals surface area (Å²) in [6.07, 6.45) is 3.84. The third kappa shape index (κ3) is 2.51. The average molecular weight is 246 g/mol. The summed E-state index contributed by atoms with van der Waals surface area (Å²) in [6, 6.07) is 4.26. The normalized spacial score (nSPS) is 10.0. The van der Waals surface area contributed by atoms with Gasteiger partial charge in [-0.05, 0) is 12.1 Å². The number of carbonyl (C=O) groups is 1. The summed E-state index contributed by atoms with van der Waals surface area (Å²) < 4.78 is 0. The van der Waals surface area contributed by atoms with Crippen LogP contribution < -0.4 is 5.32 Å². The minimum atomic E-state index is -0.530. The second kappa shape index (κ2) is 5.09. The van der Waals surface area contributed by atoms with Crippen LogP contribution in [0.4, 0.5) is 11.4 Å². The zero-order valence-electron chi connectivity index (χ0n) is 9.29. The number of aldehydes is 1. The van der Waals surface area contributed by atoms with Crippen molar-refractivity contribution in [2.45, 2.75) is 6.54 Å². The van der Waals surface area contributed by atoms with Gasteiger partial charge in [0.2, 0.25) is 0 Å². The lowest BCUT2D eigenvalue weighted by Gasteiger charge is -2.05. The number of carbonyl (C=O) groups excluding carboxylic acids is 1. The molecular formula is C11H10N4O3. The number of hydrogen-bond donors (Lipinski definition) is 2. The Morgan fingerprint density at radius 3 is 2.94 bits per heavy atom. The predicted molar refractivity (Wildman–Crippen MR) is 64.4 cm³/mol. The number of nitro benzene ring substituents is 1. The highest BCUT2D eigenvalue weighted by molar-refractivity contribution is 5.79. The molecule has 0 atom stereocenters. The lowest BCUT2D eigenvalue weighted by atomic mass is 10.2. The molecule has 0 aliphatic rings. The number of hydrogen-bond acceptors (Lipinski definition) is 5. The topological polar surface area (TPSA) is 101 Å². The fourth-order valence-corrected chi connectivity index (χ4v) is 1.50. The van der Waals surface area contributed by atoms with Gasteiger partial charge in [-0.15, -0.1) is 0 Å². The van der Waals surface area contributed by atoms with Crippen molar-refractivity contribution in [3.05, 3.63) is 52.1 Å². The third-order valence-electron chi connectivity index (χ3n) is 2.36. The zero-order chi connectivity index (χ0) is 13.0. The summed E-state index contributed by atoms with van der Waals surface area (Å²) in [7, 11) is 0. The molecule has 0 aliphatic carbocycles. The number of nitrogens with zero attached hydrogens (tertiary/aromatic N) is 2. The quantitative estimate of drug-likeness (QED) is 0.475. The molecule has 18 heavy (non-hydrogen) atoms. The van der Waals surface area contributed by atoms with Gasteiger partial charge in [0.15, 0.2) is 0 Å². The van der Waals surface area contributed by atoms with Crippen molar-refractivity contribution >= 4 is 17.7 Å². The monoisotopic (exact) mass is 246 g/mol. The van der Waals surface area contributed by atoms with Gasteiger partial charge in [0.25, 0.3) is 5.69 Å². The van der Waals surface area contributed by atoms with Crippen LogP contribution in [-0.4, -0.2) is 21.2 Å². The second-order valence-electron chi connectivity index (χ2n) is 3.54. The smallest absolute Gasteiger partial charge is 0.293 e. The predicted octanol–water partition coefficient (Wildman–Crippen LogP) is 1.74. The lowest BCUT2D eigenvalue weighted by molar-refractivity contribution is -0.384. The number of nitro groups is 1. The van der Waals surface area contributed by atoms with Crippen molar-refractivity contribution in [1.82, 2.24) is 9.97 Å². The summed E-state index contributed by atoms with van der Waals surface area (Å²) in [5.74, 6) is 0.670.